The van der Waals surface area contributed by atoms with Crippen LogP contribution in [0.3, 0.4) is 0 Å². The minimum Gasteiger partial charge on any atom is -0.369 e. The molecular formula is C13H20ClN3O2. The molecule has 0 radical (unpaired) electrons. The van der Waals surface area contributed by atoms with Gasteiger partial charge in [-0.05, 0) is 18.6 Å². The summed E-state index contributed by atoms with van der Waals surface area (Å²) in [6.07, 6.45) is 0.596. The number of aliphatic hydroxyl groups excluding tert-OH is 1. The van der Waals surface area contributed by atoms with E-state index in [0.717, 1.165) is 5.70 Å². The van der Waals surface area contributed by atoms with E-state index in [0.29, 0.717) is 5.57 Å². The number of carbonyl (C=O) groups excluding carboxylic acids is 1. The van der Waals surface area contributed by atoms with Gasteiger partial charge in [-0.1, -0.05) is 32.4 Å². The number of hydrogen-bond donors (Lipinski definition) is 2. The minimum atomic E-state index is -0.971. The molecule has 0 bridgehead atoms. The van der Waals surface area contributed by atoms with Crippen molar-refractivity contribution in [3.8, 4) is 0 Å². The van der Waals surface area contributed by atoms with Crippen LogP contribution in [-0.2, 0) is 4.79 Å². The highest BCUT2D eigenvalue weighted by atomic mass is 35.5. The zero-order chi connectivity index (χ0) is 14.5. The smallest absolute Gasteiger partial charge is 0.269 e. The highest BCUT2D eigenvalue weighted by Crippen LogP contribution is 2.34. The number of allylic oxidation sites excluding steroid dienone is 1. The maximum Gasteiger partial charge on any atom is 0.269 e. The molecule has 0 spiro atoms. The van der Waals surface area contributed by atoms with Crippen LogP contribution in [-0.4, -0.2) is 40.4 Å². The fourth-order valence-electron chi connectivity index (χ4n) is 2.46. The summed E-state index contributed by atoms with van der Waals surface area (Å²) < 4.78 is 0. The number of hydrogen-bond acceptors (Lipinski definition) is 4. The Kier molecular flexibility index (Phi) is 3.41. The summed E-state index contributed by atoms with van der Waals surface area (Å²) in [7, 11) is 1.89. The molecule has 0 saturated heterocycles. The van der Waals surface area contributed by atoms with Gasteiger partial charge in [-0.3, -0.25) is 9.69 Å². The standard InChI is InChI=1S/C13H20ClN3O2/c1-7-10(14)12(19)17(11(7)18)9-6-8(13(2,3)4)16(5)15-9/h6,9,11,15,18H,1-5H3. The van der Waals surface area contributed by atoms with Crippen molar-refractivity contribution in [1.82, 2.24) is 15.3 Å². The normalized spacial score (nSPS) is 28.6. The SMILES string of the molecule is CC1=C(Cl)C(=O)N(C2C=C(C(C)(C)C)N(C)N2)C1O. The van der Waals surface area contributed by atoms with E-state index in [1.165, 1.54) is 4.90 Å². The first-order chi connectivity index (χ1) is 8.64. The van der Waals surface area contributed by atoms with E-state index in [-0.39, 0.29) is 22.5 Å². The Morgan fingerprint density at radius 3 is 2.37 bits per heavy atom. The highest BCUT2D eigenvalue weighted by Gasteiger charge is 2.42. The van der Waals surface area contributed by atoms with Crippen LogP contribution in [0.5, 0.6) is 0 Å². The first-order valence-corrected chi connectivity index (χ1v) is 6.61. The summed E-state index contributed by atoms with van der Waals surface area (Å²) in [5, 5.41) is 12.1. The molecular weight excluding hydrogens is 266 g/mol. The number of carbonyl (C=O) groups is 1. The summed E-state index contributed by atoms with van der Waals surface area (Å²) >= 11 is 5.91. The van der Waals surface area contributed by atoms with Gasteiger partial charge in [-0.15, -0.1) is 0 Å². The maximum absolute atomic E-state index is 12.1. The summed E-state index contributed by atoms with van der Waals surface area (Å²) in [6.45, 7) is 7.95. The van der Waals surface area contributed by atoms with Gasteiger partial charge >= 0.3 is 0 Å². The van der Waals surface area contributed by atoms with Crippen LogP contribution in [0, 0.1) is 5.41 Å². The van der Waals surface area contributed by atoms with Gasteiger partial charge in [0.25, 0.3) is 5.91 Å². The monoisotopic (exact) mass is 285 g/mol. The van der Waals surface area contributed by atoms with Crippen molar-refractivity contribution in [2.24, 2.45) is 5.41 Å². The molecule has 0 aliphatic carbocycles. The van der Waals surface area contributed by atoms with Crippen molar-refractivity contribution >= 4 is 17.5 Å². The van der Waals surface area contributed by atoms with Crippen LogP contribution in [0.1, 0.15) is 27.7 Å². The lowest BCUT2D eigenvalue weighted by molar-refractivity contribution is -0.134. The third-order valence-corrected chi connectivity index (χ3v) is 3.95. The van der Waals surface area contributed by atoms with Crippen molar-refractivity contribution in [1.29, 1.82) is 0 Å². The average Bonchev–Trinajstić information content (AvgIpc) is 2.75. The Morgan fingerprint density at radius 1 is 1.42 bits per heavy atom. The van der Waals surface area contributed by atoms with E-state index in [1.54, 1.807) is 6.92 Å². The molecule has 0 saturated carbocycles. The number of hydrazine groups is 1. The Labute approximate surface area is 118 Å². The number of aliphatic hydroxyl groups is 1. The van der Waals surface area contributed by atoms with Gasteiger partial charge in [0.15, 0.2) is 6.23 Å². The van der Waals surface area contributed by atoms with Crippen LogP contribution in [0.15, 0.2) is 22.4 Å². The van der Waals surface area contributed by atoms with E-state index in [9.17, 15) is 9.90 Å². The Morgan fingerprint density at radius 2 is 2.00 bits per heavy atom. The second kappa shape index (κ2) is 4.51. The molecule has 1 amide bonds. The van der Waals surface area contributed by atoms with Crippen molar-refractivity contribution in [2.75, 3.05) is 7.05 Å². The van der Waals surface area contributed by atoms with Gasteiger partial charge in [-0.25, -0.2) is 5.43 Å². The molecule has 106 valence electrons. The number of nitrogens with one attached hydrogen (secondary N) is 1. The minimum absolute atomic E-state index is 0.0451. The molecule has 2 aliphatic heterocycles. The summed E-state index contributed by atoms with van der Waals surface area (Å²) in [5.41, 5.74) is 4.67. The lowest BCUT2D eigenvalue weighted by atomic mass is 9.91. The summed E-state index contributed by atoms with van der Waals surface area (Å²) in [6, 6.07) is 0. The van der Waals surface area contributed by atoms with Crippen molar-refractivity contribution in [3.63, 3.8) is 0 Å². The van der Waals surface area contributed by atoms with Gasteiger partial charge in [0.05, 0.1) is 0 Å². The quantitative estimate of drug-likeness (QED) is 0.764. The van der Waals surface area contributed by atoms with E-state index >= 15 is 0 Å². The highest BCUT2D eigenvalue weighted by molar-refractivity contribution is 6.43. The lowest BCUT2D eigenvalue weighted by Gasteiger charge is -2.30. The largest absolute Gasteiger partial charge is 0.369 e. The van der Waals surface area contributed by atoms with Crippen LogP contribution in [0.2, 0.25) is 0 Å². The molecule has 0 aromatic rings. The van der Waals surface area contributed by atoms with E-state index in [1.807, 2.05) is 18.1 Å². The molecule has 6 heteroatoms. The lowest BCUT2D eigenvalue weighted by Crippen LogP contribution is -2.51. The first kappa shape index (κ1) is 14.4. The van der Waals surface area contributed by atoms with Gasteiger partial charge in [-0.2, -0.15) is 0 Å². The van der Waals surface area contributed by atoms with Gasteiger partial charge in [0.1, 0.15) is 11.2 Å². The zero-order valence-corrected chi connectivity index (χ0v) is 12.6. The van der Waals surface area contributed by atoms with Crippen LogP contribution in [0.25, 0.3) is 0 Å². The van der Waals surface area contributed by atoms with Gasteiger partial charge in [0, 0.05) is 18.2 Å². The number of rotatable bonds is 1. The summed E-state index contributed by atoms with van der Waals surface area (Å²) in [4.78, 5) is 13.4. The molecule has 0 aromatic heterocycles. The molecule has 2 atom stereocenters. The van der Waals surface area contributed by atoms with Gasteiger partial charge in [0.2, 0.25) is 0 Å². The molecule has 0 fully saturated rings. The first-order valence-electron chi connectivity index (χ1n) is 6.24. The fourth-order valence-corrected chi connectivity index (χ4v) is 2.65. The Balaban J connectivity index is 2.28. The summed E-state index contributed by atoms with van der Waals surface area (Å²) in [5.74, 6) is -0.344. The van der Waals surface area contributed by atoms with Crippen LogP contribution in [0.4, 0.5) is 0 Å². The predicted octanol–water partition coefficient (Wildman–Crippen LogP) is 1.37. The molecule has 2 N–H and O–H groups in total. The number of nitrogens with zero attached hydrogens (tertiary/aromatic N) is 2. The fraction of sp³-hybridized carbons (Fsp3) is 0.615. The van der Waals surface area contributed by atoms with Crippen molar-refractivity contribution in [3.05, 3.63) is 22.4 Å². The van der Waals surface area contributed by atoms with Crippen LogP contribution < -0.4 is 5.43 Å². The Bertz CT molecular complexity index is 479. The third-order valence-electron chi connectivity index (χ3n) is 3.49. The third kappa shape index (κ3) is 2.26. The van der Waals surface area contributed by atoms with Crippen LogP contribution >= 0.6 is 11.6 Å². The number of halogens is 1. The average molecular weight is 286 g/mol. The second-order valence-electron chi connectivity index (χ2n) is 6.02. The topological polar surface area (TPSA) is 55.8 Å². The van der Waals surface area contributed by atoms with Gasteiger partial charge < -0.3 is 10.1 Å². The molecule has 2 aliphatic rings. The van der Waals surface area contributed by atoms with E-state index in [4.69, 9.17) is 11.6 Å². The Hall–Kier alpha value is -1.04. The molecule has 5 nitrogen and oxygen atoms in total. The molecule has 19 heavy (non-hydrogen) atoms. The molecule has 0 aromatic carbocycles. The van der Waals surface area contributed by atoms with Crippen molar-refractivity contribution < 1.29 is 9.90 Å². The molecule has 2 rings (SSSR count). The van der Waals surface area contributed by atoms with E-state index in [2.05, 4.69) is 26.2 Å². The molecule has 2 heterocycles. The zero-order valence-electron chi connectivity index (χ0n) is 11.9. The second-order valence-corrected chi connectivity index (χ2v) is 6.40. The van der Waals surface area contributed by atoms with Crippen molar-refractivity contribution in [2.45, 2.75) is 40.1 Å². The molecule has 2 unspecified atom stereocenters. The van der Waals surface area contributed by atoms with E-state index < -0.39 is 6.23 Å². The maximum atomic E-state index is 12.1. The predicted molar refractivity (Wildman–Crippen MR) is 73.6 cm³/mol. The number of amides is 1.